The maximum atomic E-state index is 7.83. The number of rotatable bonds is 4. The first-order valence-electron chi connectivity index (χ1n) is 12.9. The predicted molar refractivity (Wildman–Crippen MR) is 163 cm³/mol. The van der Waals surface area contributed by atoms with Crippen LogP contribution in [0.5, 0.6) is 0 Å². The van der Waals surface area contributed by atoms with Crippen LogP contribution < -0.4 is 14.3 Å². The predicted octanol–water partition coefficient (Wildman–Crippen LogP) is 5.04. The Morgan fingerprint density at radius 2 is 0.639 bits per heavy atom. The van der Waals surface area contributed by atoms with Crippen molar-refractivity contribution >= 4 is 68.5 Å². The Bertz CT molecular complexity index is 1080. The topological polar surface area (TPSA) is 18.5 Å². The van der Waals surface area contributed by atoms with Gasteiger partial charge in [-0.3, -0.25) is 0 Å². The van der Waals surface area contributed by atoms with Gasteiger partial charge in [-0.05, 0) is 0 Å². The Kier molecular flexibility index (Phi) is 7.74. The van der Waals surface area contributed by atoms with Crippen molar-refractivity contribution in [2.75, 3.05) is 0 Å². The van der Waals surface area contributed by atoms with Crippen LogP contribution >= 0.6 is 0 Å². The molecule has 0 aromatic heterocycles. The van der Waals surface area contributed by atoms with E-state index in [1.807, 2.05) is 0 Å². The number of hydrogen-bond donors (Lipinski definition) is 0. The van der Waals surface area contributed by atoms with E-state index < -0.39 is 54.2 Å². The molecular weight excluding hydrogens is 686 g/mol. The summed E-state index contributed by atoms with van der Waals surface area (Å²) in [7, 11) is -4.31. The summed E-state index contributed by atoms with van der Waals surface area (Å²) < 4.78 is 23.7. The van der Waals surface area contributed by atoms with Crippen molar-refractivity contribution in [3.8, 4) is 0 Å². The Morgan fingerprint density at radius 3 is 0.861 bits per heavy atom. The molecule has 1 aliphatic heterocycles. The van der Waals surface area contributed by atoms with E-state index in [0.717, 1.165) is 8.12 Å². The minimum absolute atomic E-state index is 1.10. The molecule has 36 heavy (non-hydrogen) atoms. The summed E-state index contributed by atoms with van der Waals surface area (Å²) in [6.45, 7) is 9.85. The molecule has 4 aromatic rings. The Hall–Kier alpha value is -1.17. The normalized spacial score (nSPS) is 20.1. The Labute approximate surface area is 227 Å². The average molecular weight is 722 g/mol. The van der Waals surface area contributed by atoms with E-state index in [2.05, 4.69) is 148 Å². The molecule has 0 bridgehead atoms. The molecule has 1 heterocycles. The summed E-state index contributed by atoms with van der Waals surface area (Å²) in [6, 6.07) is 44.8. The summed E-state index contributed by atoms with van der Waals surface area (Å²) >= 11 is -7.11. The van der Waals surface area contributed by atoms with Gasteiger partial charge in [0.1, 0.15) is 0 Å². The van der Waals surface area contributed by atoms with Gasteiger partial charge in [0.2, 0.25) is 0 Å². The summed E-state index contributed by atoms with van der Waals surface area (Å²) in [5.74, 6) is 0. The molecular formula is C30H36O2Si2Sn2. The second-order valence-electron chi connectivity index (χ2n) is 11.2. The average Bonchev–Trinajstić information content (AvgIpc) is 2.88. The van der Waals surface area contributed by atoms with Gasteiger partial charge in [-0.25, -0.2) is 0 Å². The fraction of sp³-hybridized carbons (Fsp3) is 0.200. The molecule has 4 aromatic carbocycles. The zero-order chi connectivity index (χ0) is 25.3. The van der Waals surface area contributed by atoms with E-state index in [0.29, 0.717) is 0 Å². The Balaban J connectivity index is 1.73. The molecule has 184 valence electrons. The van der Waals surface area contributed by atoms with Crippen molar-refractivity contribution in [1.29, 1.82) is 0 Å². The summed E-state index contributed by atoms with van der Waals surface area (Å²) in [6.07, 6.45) is 0. The van der Waals surface area contributed by atoms with Crippen LogP contribution in [0.15, 0.2) is 121 Å². The number of hydrogen-bond acceptors (Lipinski definition) is 2. The SMILES string of the molecule is C[Si]1(C)[CH2][Sn]([c]2ccccc2)([c]2ccccc2)[O][Si](C)(C)[CH2][Sn]([c]2ccccc2)([c]2ccccc2)[O]1. The minimum atomic E-state index is -3.55. The molecule has 0 saturated carbocycles. The van der Waals surface area contributed by atoms with E-state index >= 15 is 0 Å². The Morgan fingerprint density at radius 1 is 0.417 bits per heavy atom. The summed E-state index contributed by atoms with van der Waals surface area (Å²) in [4.78, 5) is 0. The molecule has 1 aliphatic rings. The van der Waals surface area contributed by atoms with Crippen LogP contribution in [-0.4, -0.2) is 54.2 Å². The van der Waals surface area contributed by atoms with Crippen molar-refractivity contribution in [2.45, 2.75) is 34.3 Å². The number of benzene rings is 4. The molecule has 0 N–H and O–H groups in total. The maximum absolute atomic E-state index is 7.83. The van der Waals surface area contributed by atoms with Gasteiger partial charge in [0.05, 0.1) is 0 Å². The molecule has 0 unspecified atom stereocenters. The van der Waals surface area contributed by atoms with Crippen molar-refractivity contribution in [1.82, 2.24) is 0 Å². The van der Waals surface area contributed by atoms with Crippen molar-refractivity contribution < 1.29 is 5.53 Å². The standard InChI is InChI=1S/4C6H5.2C3H8OSi.2Sn/c4*1-2-4-6-5-3-1;2*1-5(2,3)4;;/h4*1-5H;2*1H2,2-3H3;;/q;;;;2*-1;2*+1. The van der Waals surface area contributed by atoms with Gasteiger partial charge in [0.25, 0.3) is 0 Å². The fourth-order valence-corrected chi connectivity index (χ4v) is 83.6. The van der Waals surface area contributed by atoms with E-state index in [-0.39, 0.29) is 0 Å². The molecule has 2 nitrogen and oxygen atoms in total. The van der Waals surface area contributed by atoms with E-state index in [1.165, 1.54) is 14.3 Å². The molecule has 6 heteroatoms. The van der Waals surface area contributed by atoms with Gasteiger partial charge in [-0.2, -0.15) is 0 Å². The van der Waals surface area contributed by atoms with Crippen molar-refractivity contribution in [3.63, 3.8) is 0 Å². The first kappa shape index (κ1) is 26.4. The van der Waals surface area contributed by atoms with Gasteiger partial charge in [-0.1, -0.05) is 0 Å². The molecule has 5 rings (SSSR count). The third-order valence-corrected chi connectivity index (χ3v) is 64.7. The third kappa shape index (κ3) is 5.35. The van der Waals surface area contributed by atoms with Gasteiger partial charge in [-0.15, -0.1) is 0 Å². The van der Waals surface area contributed by atoms with Gasteiger partial charge in [0, 0.05) is 0 Å². The van der Waals surface area contributed by atoms with E-state index in [4.69, 9.17) is 5.53 Å². The summed E-state index contributed by atoms with van der Waals surface area (Å²) in [5.41, 5.74) is 0. The fourth-order valence-electron chi connectivity index (χ4n) is 6.09. The van der Waals surface area contributed by atoms with Crippen molar-refractivity contribution in [2.24, 2.45) is 0 Å². The van der Waals surface area contributed by atoms with Crippen LogP contribution in [0.25, 0.3) is 0 Å². The zero-order valence-electron chi connectivity index (χ0n) is 21.8. The summed E-state index contributed by atoms with van der Waals surface area (Å²) in [5, 5.41) is 0. The second kappa shape index (κ2) is 10.5. The van der Waals surface area contributed by atoms with Crippen molar-refractivity contribution in [3.05, 3.63) is 121 Å². The molecule has 1 fully saturated rings. The van der Waals surface area contributed by atoms with Crippen LogP contribution in [0, 0.1) is 0 Å². The molecule has 0 aliphatic carbocycles. The molecule has 1 saturated heterocycles. The molecule has 0 amide bonds. The third-order valence-electron chi connectivity index (χ3n) is 7.21. The monoisotopic (exact) mass is 724 g/mol. The van der Waals surface area contributed by atoms with Gasteiger partial charge >= 0.3 is 230 Å². The van der Waals surface area contributed by atoms with Crippen LogP contribution in [0.2, 0.25) is 34.3 Å². The van der Waals surface area contributed by atoms with Crippen LogP contribution in [-0.2, 0) is 5.53 Å². The van der Waals surface area contributed by atoms with Crippen LogP contribution in [0.1, 0.15) is 0 Å². The van der Waals surface area contributed by atoms with E-state index in [1.54, 1.807) is 0 Å². The van der Waals surface area contributed by atoms with Crippen LogP contribution in [0.4, 0.5) is 0 Å². The first-order valence-corrected chi connectivity index (χ1v) is 31.2. The second-order valence-corrected chi connectivity index (χ2v) is 44.9. The van der Waals surface area contributed by atoms with Crippen LogP contribution in [0.3, 0.4) is 0 Å². The molecule has 0 atom stereocenters. The molecule has 0 radical (unpaired) electrons. The van der Waals surface area contributed by atoms with E-state index in [9.17, 15) is 0 Å². The van der Waals surface area contributed by atoms with Gasteiger partial charge < -0.3 is 0 Å². The quantitative estimate of drug-likeness (QED) is 0.275. The van der Waals surface area contributed by atoms with Gasteiger partial charge in [0.15, 0.2) is 0 Å². The molecule has 0 spiro atoms. The first-order chi connectivity index (χ1) is 17.2. The zero-order valence-corrected chi connectivity index (χ0v) is 29.5.